The van der Waals surface area contributed by atoms with Crippen molar-refractivity contribution in [1.82, 2.24) is 5.32 Å². The van der Waals surface area contributed by atoms with E-state index in [1.54, 1.807) is 6.08 Å². The fraction of sp³-hybridized carbons (Fsp3) is 0.605. The van der Waals surface area contributed by atoms with Crippen LogP contribution in [0.5, 0.6) is 0 Å². The standard InChI is InChI=1S/C38H63NO3/c1-3-5-7-9-11-13-14-15-16-17-18-19-20-21-22-23-24-26-28-30-32-34-38(42)39-36(35-40)37(41)33-31-29-27-25-12-10-8-6-4-2/h5,7,11,13,15-16,18-19,21-22,24,26,31,33,36-37,40-41H,3-4,6,8-10,12,14,17,20,23,25,27-30,32,34-35H2,1-2H3,(H,39,42)/b7-5-,13-11-,16-15-,19-18-,22-21-,26-24-,33-31+. The Bertz CT molecular complexity index is 803. The summed E-state index contributed by atoms with van der Waals surface area (Å²) in [6.45, 7) is 4.11. The second-order valence-corrected chi connectivity index (χ2v) is 10.8. The molecule has 4 heteroatoms. The van der Waals surface area contributed by atoms with E-state index in [2.05, 4.69) is 92.1 Å². The van der Waals surface area contributed by atoms with Crippen LogP contribution in [0.15, 0.2) is 85.1 Å². The van der Waals surface area contributed by atoms with E-state index < -0.39 is 12.1 Å². The van der Waals surface area contributed by atoms with Gasteiger partial charge < -0.3 is 15.5 Å². The van der Waals surface area contributed by atoms with Gasteiger partial charge in [-0.2, -0.15) is 0 Å². The molecule has 3 N–H and O–H groups in total. The third kappa shape index (κ3) is 29.1. The van der Waals surface area contributed by atoms with Crippen molar-refractivity contribution in [1.29, 1.82) is 0 Å². The number of allylic oxidation sites excluding steroid dienone is 13. The first kappa shape index (κ1) is 39.6. The first-order valence-electron chi connectivity index (χ1n) is 16.8. The van der Waals surface area contributed by atoms with Crippen molar-refractivity contribution < 1.29 is 15.0 Å². The Morgan fingerprint density at radius 2 is 1.05 bits per heavy atom. The normalized spacial score (nSPS) is 14.3. The Morgan fingerprint density at radius 1 is 0.595 bits per heavy atom. The lowest BCUT2D eigenvalue weighted by molar-refractivity contribution is -0.123. The fourth-order valence-electron chi connectivity index (χ4n) is 4.29. The Labute approximate surface area is 259 Å². The summed E-state index contributed by atoms with van der Waals surface area (Å²) in [5, 5.41) is 22.7. The molecule has 0 saturated heterocycles. The number of hydrogen-bond donors (Lipinski definition) is 3. The summed E-state index contributed by atoms with van der Waals surface area (Å²) in [7, 11) is 0. The first-order chi connectivity index (χ1) is 20.7. The molecule has 0 aliphatic rings. The lowest BCUT2D eigenvalue weighted by Gasteiger charge is -2.19. The van der Waals surface area contributed by atoms with Gasteiger partial charge in [0.05, 0.1) is 18.8 Å². The van der Waals surface area contributed by atoms with Crippen LogP contribution in [0.4, 0.5) is 0 Å². The highest BCUT2D eigenvalue weighted by Gasteiger charge is 2.17. The molecule has 2 atom stereocenters. The lowest BCUT2D eigenvalue weighted by Crippen LogP contribution is -2.45. The van der Waals surface area contributed by atoms with Crippen molar-refractivity contribution in [3.8, 4) is 0 Å². The van der Waals surface area contributed by atoms with Crippen LogP contribution in [0.2, 0.25) is 0 Å². The second kappa shape index (κ2) is 33.1. The van der Waals surface area contributed by atoms with Gasteiger partial charge in [-0.3, -0.25) is 4.79 Å². The van der Waals surface area contributed by atoms with E-state index in [1.165, 1.54) is 38.5 Å². The predicted octanol–water partition coefficient (Wildman–Crippen LogP) is 9.78. The Kier molecular flexibility index (Phi) is 31.2. The van der Waals surface area contributed by atoms with Gasteiger partial charge >= 0.3 is 0 Å². The number of aliphatic hydroxyl groups is 2. The largest absolute Gasteiger partial charge is 0.394 e. The van der Waals surface area contributed by atoms with E-state index in [9.17, 15) is 15.0 Å². The maximum atomic E-state index is 12.2. The summed E-state index contributed by atoms with van der Waals surface area (Å²) < 4.78 is 0. The molecule has 0 saturated carbocycles. The molecular weight excluding hydrogens is 518 g/mol. The van der Waals surface area contributed by atoms with Crippen LogP contribution >= 0.6 is 0 Å². The highest BCUT2D eigenvalue weighted by atomic mass is 16.3. The van der Waals surface area contributed by atoms with Gasteiger partial charge in [0, 0.05) is 6.42 Å². The van der Waals surface area contributed by atoms with E-state index in [0.717, 1.165) is 70.6 Å². The molecule has 0 spiro atoms. The third-order valence-electron chi connectivity index (χ3n) is 6.88. The lowest BCUT2D eigenvalue weighted by atomic mass is 10.1. The van der Waals surface area contributed by atoms with E-state index in [4.69, 9.17) is 0 Å². The SMILES string of the molecule is CC/C=C\C/C=C\C/C=C\C/C=C\C/C=C\C/C=C\CCCCC(=O)NC(CO)C(O)/C=C/CCCCCCCCC. The number of rotatable bonds is 28. The van der Waals surface area contributed by atoms with Gasteiger partial charge in [-0.25, -0.2) is 0 Å². The summed E-state index contributed by atoms with van der Waals surface area (Å²) in [5.41, 5.74) is 0. The summed E-state index contributed by atoms with van der Waals surface area (Å²) >= 11 is 0. The van der Waals surface area contributed by atoms with E-state index >= 15 is 0 Å². The Balaban J connectivity index is 3.81. The molecule has 0 aliphatic heterocycles. The van der Waals surface area contributed by atoms with Gasteiger partial charge in [0.15, 0.2) is 0 Å². The average Bonchev–Trinajstić information content (AvgIpc) is 2.99. The second-order valence-electron chi connectivity index (χ2n) is 10.8. The number of hydrogen-bond acceptors (Lipinski definition) is 3. The quantitative estimate of drug-likeness (QED) is 0.0636. The Morgan fingerprint density at radius 3 is 1.57 bits per heavy atom. The van der Waals surface area contributed by atoms with Crippen LogP contribution in [0.25, 0.3) is 0 Å². The van der Waals surface area contributed by atoms with Crippen molar-refractivity contribution in [2.75, 3.05) is 6.61 Å². The number of carbonyl (C=O) groups excluding carboxylic acids is 1. The van der Waals surface area contributed by atoms with Crippen molar-refractivity contribution in [2.45, 2.75) is 142 Å². The van der Waals surface area contributed by atoms with E-state index in [0.29, 0.717) is 6.42 Å². The molecule has 0 aliphatic carbocycles. The van der Waals surface area contributed by atoms with E-state index in [1.807, 2.05) is 6.08 Å². The molecule has 0 rings (SSSR count). The molecule has 0 heterocycles. The van der Waals surface area contributed by atoms with Gasteiger partial charge in [-0.15, -0.1) is 0 Å². The summed E-state index contributed by atoms with van der Waals surface area (Å²) in [6.07, 6.45) is 48.0. The average molecular weight is 582 g/mol. The number of nitrogens with one attached hydrogen (secondary N) is 1. The first-order valence-corrected chi connectivity index (χ1v) is 16.8. The summed E-state index contributed by atoms with van der Waals surface area (Å²) in [4.78, 5) is 12.2. The molecule has 4 nitrogen and oxygen atoms in total. The number of amides is 1. The number of unbranched alkanes of at least 4 members (excludes halogenated alkanes) is 9. The van der Waals surface area contributed by atoms with Crippen molar-refractivity contribution in [2.24, 2.45) is 0 Å². The van der Waals surface area contributed by atoms with Crippen LogP contribution in [0.3, 0.4) is 0 Å². The topological polar surface area (TPSA) is 69.6 Å². The monoisotopic (exact) mass is 581 g/mol. The molecule has 0 aromatic heterocycles. The summed E-state index contributed by atoms with van der Waals surface area (Å²) in [5.74, 6) is -0.115. The molecule has 0 aromatic carbocycles. The Hall–Kier alpha value is -2.43. The molecule has 0 bridgehead atoms. The number of aliphatic hydroxyl groups excluding tert-OH is 2. The maximum absolute atomic E-state index is 12.2. The smallest absolute Gasteiger partial charge is 0.220 e. The molecule has 42 heavy (non-hydrogen) atoms. The molecule has 2 unspecified atom stereocenters. The highest BCUT2D eigenvalue weighted by molar-refractivity contribution is 5.76. The van der Waals surface area contributed by atoms with Crippen LogP contribution in [-0.4, -0.2) is 34.9 Å². The summed E-state index contributed by atoms with van der Waals surface area (Å²) in [6, 6.07) is -0.647. The highest BCUT2D eigenvalue weighted by Crippen LogP contribution is 2.09. The zero-order valence-corrected chi connectivity index (χ0v) is 27.0. The minimum Gasteiger partial charge on any atom is -0.394 e. The van der Waals surface area contributed by atoms with Gasteiger partial charge in [-0.1, -0.05) is 137 Å². The van der Waals surface area contributed by atoms with Gasteiger partial charge in [0.1, 0.15) is 0 Å². The van der Waals surface area contributed by atoms with Gasteiger partial charge in [0.25, 0.3) is 0 Å². The zero-order valence-electron chi connectivity index (χ0n) is 27.0. The minimum absolute atomic E-state index is 0.115. The van der Waals surface area contributed by atoms with Gasteiger partial charge in [0.2, 0.25) is 5.91 Å². The molecular formula is C38H63NO3. The van der Waals surface area contributed by atoms with Crippen LogP contribution in [-0.2, 0) is 4.79 Å². The molecule has 0 aromatic rings. The molecule has 0 fully saturated rings. The molecule has 1 amide bonds. The van der Waals surface area contributed by atoms with Crippen LogP contribution in [0.1, 0.15) is 129 Å². The molecule has 238 valence electrons. The molecule has 0 radical (unpaired) electrons. The number of carbonyl (C=O) groups is 1. The maximum Gasteiger partial charge on any atom is 0.220 e. The van der Waals surface area contributed by atoms with Crippen molar-refractivity contribution in [3.05, 3.63) is 85.1 Å². The van der Waals surface area contributed by atoms with Crippen LogP contribution < -0.4 is 5.32 Å². The fourth-order valence-corrected chi connectivity index (χ4v) is 4.29. The predicted molar refractivity (Wildman–Crippen MR) is 183 cm³/mol. The van der Waals surface area contributed by atoms with Crippen LogP contribution in [0, 0.1) is 0 Å². The van der Waals surface area contributed by atoms with E-state index in [-0.39, 0.29) is 12.5 Å². The zero-order chi connectivity index (χ0) is 30.8. The minimum atomic E-state index is -0.859. The van der Waals surface area contributed by atoms with Gasteiger partial charge in [-0.05, 0) is 70.6 Å². The van der Waals surface area contributed by atoms with Crippen molar-refractivity contribution >= 4 is 5.91 Å². The third-order valence-corrected chi connectivity index (χ3v) is 6.88. The van der Waals surface area contributed by atoms with Crippen molar-refractivity contribution in [3.63, 3.8) is 0 Å².